The third kappa shape index (κ3) is 3.36. The van der Waals surface area contributed by atoms with E-state index in [1.165, 1.54) is 0 Å². The van der Waals surface area contributed by atoms with Crippen LogP contribution in [-0.2, 0) is 9.47 Å². The van der Waals surface area contributed by atoms with Crippen LogP contribution in [0.1, 0.15) is 33.6 Å². The Morgan fingerprint density at radius 3 is 2.83 bits per heavy atom. The van der Waals surface area contributed by atoms with Crippen LogP contribution in [0, 0.1) is 0 Å². The standard InChI is InChI=1S/C13H24N2O3/c1-12(2,3)18-11(16)15-7-4-5-13(10-15)9-14-6-8-17-13/h14H,4-10H2,1-3H3/t13-/m1/s1. The molecule has 0 bridgehead atoms. The largest absolute Gasteiger partial charge is 0.444 e. The first kappa shape index (κ1) is 13.6. The van der Waals surface area contributed by atoms with Crippen LogP contribution in [0.25, 0.3) is 0 Å². The zero-order chi connectivity index (χ0) is 13.2. The van der Waals surface area contributed by atoms with Crippen LogP contribution in [0.2, 0.25) is 0 Å². The van der Waals surface area contributed by atoms with Gasteiger partial charge in [0.05, 0.1) is 18.8 Å². The summed E-state index contributed by atoms with van der Waals surface area (Å²) in [6.45, 7) is 9.52. The number of morpholine rings is 1. The van der Waals surface area contributed by atoms with Crippen molar-refractivity contribution in [3.05, 3.63) is 0 Å². The normalized spacial score (nSPS) is 29.4. The molecule has 0 aromatic rings. The molecule has 0 saturated carbocycles. The molecular weight excluding hydrogens is 232 g/mol. The Morgan fingerprint density at radius 1 is 1.44 bits per heavy atom. The lowest BCUT2D eigenvalue weighted by Crippen LogP contribution is -2.60. The van der Waals surface area contributed by atoms with Gasteiger partial charge in [-0.2, -0.15) is 0 Å². The summed E-state index contributed by atoms with van der Waals surface area (Å²) < 4.78 is 11.3. The number of nitrogens with zero attached hydrogens (tertiary/aromatic N) is 1. The molecule has 0 aliphatic carbocycles. The summed E-state index contributed by atoms with van der Waals surface area (Å²) in [6, 6.07) is 0. The summed E-state index contributed by atoms with van der Waals surface area (Å²) in [5.74, 6) is 0. The zero-order valence-corrected chi connectivity index (χ0v) is 11.6. The van der Waals surface area contributed by atoms with Gasteiger partial charge in [0.2, 0.25) is 0 Å². The summed E-state index contributed by atoms with van der Waals surface area (Å²) in [5, 5.41) is 3.35. The van der Waals surface area contributed by atoms with Crippen LogP contribution in [0.5, 0.6) is 0 Å². The van der Waals surface area contributed by atoms with Gasteiger partial charge in [-0.1, -0.05) is 0 Å². The maximum absolute atomic E-state index is 12.1. The highest BCUT2D eigenvalue weighted by Crippen LogP contribution is 2.27. The molecule has 2 saturated heterocycles. The summed E-state index contributed by atoms with van der Waals surface area (Å²) in [7, 11) is 0. The quantitative estimate of drug-likeness (QED) is 0.711. The van der Waals surface area contributed by atoms with E-state index in [1.807, 2.05) is 20.8 Å². The van der Waals surface area contributed by atoms with Crippen molar-refractivity contribution in [3.8, 4) is 0 Å². The van der Waals surface area contributed by atoms with Crippen LogP contribution < -0.4 is 5.32 Å². The molecule has 0 unspecified atom stereocenters. The van der Waals surface area contributed by atoms with Gasteiger partial charge in [-0.25, -0.2) is 4.79 Å². The minimum Gasteiger partial charge on any atom is -0.444 e. The molecular formula is C13H24N2O3. The summed E-state index contributed by atoms with van der Waals surface area (Å²) >= 11 is 0. The first-order valence-electron chi connectivity index (χ1n) is 6.73. The monoisotopic (exact) mass is 256 g/mol. The van der Waals surface area contributed by atoms with Gasteiger partial charge in [0.1, 0.15) is 5.60 Å². The molecule has 0 aromatic carbocycles. The van der Waals surface area contributed by atoms with E-state index in [0.29, 0.717) is 6.54 Å². The second kappa shape index (κ2) is 5.05. The van der Waals surface area contributed by atoms with E-state index in [2.05, 4.69) is 5.32 Å². The van der Waals surface area contributed by atoms with Crippen molar-refractivity contribution in [3.63, 3.8) is 0 Å². The third-order valence-electron chi connectivity index (χ3n) is 3.33. The number of nitrogens with one attached hydrogen (secondary N) is 1. The summed E-state index contributed by atoms with van der Waals surface area (Å²) in [5.41, 5.74) is -0.638. The van der Waals surface area contributed by atoms with Crippen molar-refractivity contribution in [2.45, 2.75) is 44.8 Å². The maximum Gasteiger partial charge on any atom is 0.410 e. The van der Waals surface area contributed by atoms with E-state index in [9.17, 15) is 4.79 Å². The van der Waals surface area contributed by atoms with Crippen molar-refractivity contribution >= 4 is 6.09 Å². The topological polar surface area (TPSA) is 50.8 Å². The smallest absolute Gasteiger partial charge is 0.410 e. The van der Waals surface area contributed by atoms with Gasteiger partial charge in [0, 0.05) is 19.6 Å². The Labute approximate surface area is 109 Å². The molecule has 2 fully saturated rings. The van der Waals surface area contributed by atoms with Crippen molar-refractivity contribution in [1.82, 2.24) is 10.2 Å². The molecule has 2 heterocycles. The predicted octanol–water partition coefficient (Wildman–Crippen LogP) is 1.38. The van der Waals surface area contributed by atoms with Gasteiger partial charge in [0.25, 0.3) is 0 Å². The van der Waals surface area contributed by atoms with Crippen LogP contribution in [0.3, 0.4) is 0 Å². The van der Waals surface area contributed by atoms with E-state index >= 15 is 0 Å². The number of carbonyl (C=O) groups is 1. The Kier molecular flexibility index (Phi) is 3.82. The maximum atomic E-state index is 12.1. The minimum atomic E-state index is -0.437. The lowest BCUT2D eigenvalue weighted by Gasteiger charge is -2.44. The number of rotatable bonds is 0. The number of piperidine rings is 1. The fraction of sp³-hybridized carbons (Fsp3) is 0.923. The van der Waals surface area contributed by atoms with E-state index < -0.39 is 5.60 Å². The molecule has 0 aromatic heterocycles. The molecule has 1 N–H and O–H groups in total. The SMILES string of the molecule is CC(C)(C)OC(=O)N1CCC[C@@]2(CNCCO2)C1. The second-order valence-corrected chi connectivity index (χ2v) is 6.21. The predicted molar refractivity (Wildman–Crippen MR) is 68.6 cm³/mol. The lowest BCUT2D eigenvalue weighted by molar-refractivity contribution is -0.105. The van der Waals surface area contributed by atoms with Gasteiger partial charge in [0.15, 0.2) is 0 Å². The van der Waals surface area contributed by atoms with Gasteiger partial charge >= 0.3 is 6.09 Å². The average molecular weight is 256 g/mol. The number of hydrogen-bond acceptors (Lipinski definition) is 4. The highest BCUT2D eigenvalue weighted by atomic mass is 16.6. The van der Waals surface area contributed by atoms with Gasteiger partial charge in [-0.05, 0) is 33.6 Å². The number of amides is 1. The van der Waals surface area contributed by atoms with Crippen molar-refractivity contribution in [2.24, 2.45) is 0 Å². The Hall–Kier alpha value is -0.810. The fourth-order valence-corrected chi connectivity index (χ4v) is 2.55. The Morgan fingerprint density at radius 2 is 2.22 bits per heavy atom. The van der Waals surface area contributed by atoms with Crippen LogP contribution in [0.15, 0.2) is 0 Å². The fourth-order valence-electron chi connectivity index (χ4n) is 2.55. The Bertz CT molecular complexity index is 300. The number of hydrogen-bond donors (Lipinski definition) is 1. The first-order chi connectivity index (χ1) is 8.40. The van der Waals surface area contributed by atoms with Crippen LogP contribution in [-0.4, -0.2) is 55.0 Å². The number of carbonyl (C=O) groups excluding carboxylic acids is 1. The molecule has 18 heavy (non-hydrogen) atoms. The van der Waals surface area contributed by atoms with Gasteiger partial charge < -0.3 is 19.7 Å². The molecule has 1 atom stereocenters. The summed E-state index contributed by atoms with van der Waals surface area (Å²) in [6.07, 6.45) is 1.76. The molecule has 5 heteroatoms. The van der Waals surface area contributed by atoms with Crippen LogP contribution in [0.4, 0.5) is 4.79 Å². The molecule has 0 radical (unpaired) electrons. The molecule has 2 aliphatic rings. The van der Waals surface area contributed by atoms with Gasteiger partial charge in [-0.3, -0.25) is 0 Å². The second-order valence-electron chi connectivity index (χ2n) is 6.21. The van der Waals surface area contributed by atoms with E-state index in [-0.39, 0.29) is 11.7 Å². The molecule has 104 valence electrons. The lowest BCUT2D eigenvalue weighted by atomic mass is 9.91. The molecule has 2 rings (SSSR count). The van der Waals surface area contributed by atoms with E-state index in [4.69, 9.17) is 9.47 Å². The first-order valence-corrected chi connectivity index (χ1v) is 6.73. The molecule has 2 aliphatic heterocycles. The van der Waals surface area contributed by atoms with Gasteiger partial charge in [-0.15, -0.1) is 0 Å². The van der Waals surface area contributed by atoms with E-state index in [0.717, 1.165) is 39.1 Å². The number of likely N-dealkylation sites (tertiary alicyclic amines) is 1. The highest BCUT2D eigenvalue weighted by Gasteiger charge is 2.40. The van der Waals surface area contributed by atoms with E-state index in [1.54, 1.807) is 4.90 Å². The van der Waals surface area contributed by atoms with Crippen LogP contribution >= 0.6 is 0 Å². The molecule has 1 spiro atoms. The van der Waals surface area contributed by atoms with Crippen molar-refractivity contribution in [2.75, 3.05) is 32.8 Å². The molecule has 1 amide bonds. The minimum absolute atomic E-state index is 0.201. The summed E-state index contributed by atoms with van der Waals surface area (Å²) in [4.78, 5) is 13.8. The molecule has 5 nitrogen and oxygen atoms in total. The highest BCUT2D eigenvalue weighted by molar-refractivity contribution is 5.68. The third-order valence-corrected chi connectivity index (χ3v) is 3.33. The van der Waals surface area contributed by atoms with Crippen molar-refractivity contribution < 1.29 is 14.3 Å². The Balaban J connectivity index is 1.95. The number of ether oxygens (including phenoxy) is 2. The average Bonchev–Trinajstić information content (AvgIpc) is 2.28. The van der Waals surface area contributed by atoms with Crippen molar-refractivity contribution in [1.29, 1.82) is 0 Å². The zero-order valence-electron chi connectivity index (χ0n) is 11.6.